The molecule has 2 aromatic rings. The van der Waals surface area contributed by atoms with Gasteiger partial charge in [0.25, 0.3) is 5.91 Å². The third kappa shape index (κ3) is 3.10. The van der Waals surface area contributed by atoms with E-state index >= 15 is 0 Å². The summed E-state index contributed by atoms with van der Waals surface area (Å²) in [4.78, 5) is 22.5. The van der Waals surface area contributed by atoms with Crippen molar-refractivity contribution in [2.24, 2.45) is 5.73 Å². The maximum absolute atomic E-state index is 11.7. The Kier molecular flexibility index (Phi) is 4.24. The number of pyridine rings is 2. The predicted octanol–water partition coefficient (Wildman–Crippen LogP) is 1.68. The van der Waals surface area contributed by atoms with E-state index in [-0.39, 0.29) is 0 Å². The first kappa shape index (κ1) is 16.4. The zero-order valence-corrected chi connectivity index (χ0v) is 14.0. The molecule has 0 saturated carbocycles. The van der Waals surface area contributed by atoms with E-state index in [1.54, 1.807) is 18.3 Å². The van der Waals surface area contributed by atoms with E-state index in [9.17, 15) is 9.90 Å². The van der Waals surface area contributed by atoms with Crippen LogP contribution in [0.25, 0.3) is 0 Å². The standard InChI is InChI=1S/C18H22N4O2/c1-12-3-6-15(20-11-12)18(24)7-9-22(10-8-18)17-14(16(19)23)5-4-13(2)21-17/h3-6,11,24H,7-10H2,1-2H3,(H2,19,23). The van der Waals surface area contributed by atoms with Crippen molar-refractivity contribution in [3.05, 3.63) is 53.0 Å². The number of aliphatic hydroxyl groups is 1. The van der Waals surface area contributed by atoms with Crippen LogP contribution in [0.3, 0.4) is 0 Å². The van der Waals surface area contributed by atoms with Gasteiger partial charge in [-0.15, -0.1) is 0 Å². The van der Waals surface area contributed by atoms with E-state index < -0.39 is 11.5 Å². The van der Waals surface area contributed by atoms with E-state index in [1.165, 1.54) is 0 Å². The minimum absolute atomic E-state index is 0.416. The third-order valence-corrected chi connectivity index (χ3v) is 4.56. The van der Waals surface area contributed by atoms with Gasteiger partial charge in [0.05, 0.1) is 11.3 Å². The van der Waals surface area contributed by atoms with Gasteiger partial charge in [-0.1, -0.05) is 6.07 Å². The molecule has 0 unspecified atom stereocenters. The maximum atomic E-state index is 11.7. The molecular weight excluding hydrogens is 304 g/mol. The van der Waals surface area contributed by atoms with Crippen molar-refractivity contribution >= 4 is 11.7 Å². The lowest BCUT2D eigenvalue weighted by Gasteiger charge is -2.38. The second-order valence-corrected chi connectivity index (χ2v) is 6.43. The fourth-order valence-corrected chi connectivity index (χ4v) is 3.06. The SMILES string of the molecule is Cc1ccc(C2(O)CCN(c3nc(C)ccc3C(N)=O)CC2)nc1. The number of aryl methyl sites for hydroxylation is 2. The van der Waals surface area contributed by atoms with Gasteiger partial charge in [0.15, 0.2) is 0 Å². The average molecular weight is 326 g/mol. The number of aromatic nitrogens is 2. The molecule has 0 aliphatic carbocycles. The molecule has 1 saturated heterocycles. The van der Waals surface area contributed by atoms with E-state index in [0.717, 1.165) is 11.3 Å². The lowest BCUT2D eigenvalue weighted by atomic mass is 9.87. The Hall–Kier alpha value is -2.47. The highest BCUT2D eigenvalue weighted by Gasteiger charge is 2.36. The van der Waals surface area contributed by atoms with Crippen LogP contribution in [0.1, 0.15) is 40.2 Å². The highest BCUT2D eigenvalue weighted by Crippen LogP contribution is 2.34. The van der Waals surface area contributed by atoms with Crippen molar-refractivity contribution in [3.63, 3.8) is 0 Å². The number of hydrogen-bond acceptors (Lipinski definition) is 5. The second kappa shape index (κ2) is 6.20. The van der Waals surface area contributed by atoms with Gasteiger partial charge >= 0.3 is 0 Å². The van der Waals surface area contributed by atoms with Crippen molar-refractivity contribution in [1.29, 1.82) is 0 Å². The van der Waals surface area contributed by atoms with Gasteiger partial charge in [-0.2, -0.15) is 0 Å². The summed E-state index contributed by atoms with van der Waals surface area (Å²) in [6, 6.07) is 7.33. The first-order valence-corrected chi connectivity index (χ1v) is 8.07. The molecule has 2 aromatic heterocycles. The number of amides is 1. The van der Waals surface area contributed by atoms with Gasteiger partial charge in [-0.25, -0.2) is 4.98 Å². The molecule has 1 aliphatic rings. The number of primary amides is 1. The van der Waals surface area contributed by atoms with Gasteiger partial charge in [-0.3, -0.25) is 9.78 Å². The van der Waals surface area contributed by atoms with Crippen LogP contribution in [0, 0.1) is 13.8 Å². The van der Waals surface area contributed by atoms with Crippen molar-refractivity contribution in [3.8, 4) is 0 Å². The van der Waals surface area contributed by atoms with Crippen molar-refractivity contribution < 1.29 is 9.90 Å². The highest BCUT2D eigenvalue weighted by molar-refractivity contribution is 5.97. The van der Waals surface area contributed by atoms with E-state index in [2.05, 4.69) is 9.97 Å². The van der Waals surface area contributed by atoms with Crippen LogP contribution in [-0.4, -0.2) is 34.1 Å². The monoisotopic (exact) mass is 326 g/mol. The van der Waals surface area contributed by atoms with Crippen LogP contribution in [0.5, 0.6) is 0 Å². The Morgan fingerprint density at radius 3 is 2.50 bits per heavy atom. The maximum Gasteiger partial charge on any atom is 0.252 e. The van der Waals surface area contributed by atoms with Gasteiger partial charge in [0, 0.05) is 25.0 Å². The van der Waals surface area contributed by atoms with Crippen LogP contribution in [0.2, 0.25) is 0 Å². The molecule has 0 spiro atoms. The van der Waals surface area contributed by atoms with Crippen molar-refractivity contribution in [2.75, 3.05) is 18.0 Å². The minimum Gasteiger partial charge on any atom is -0.383 e. The van der Waals surface area contributed by atoms with Crippen LogP contribution in [0.4, 0.5) is 5.82 Å². The number of anilines is 1. The minimum atomic E-state index is -0.944. The Balaban J connectivity index is 1.81. The molecule has 1 aliphatic heterocycles. The Morgan fingerprint density at radius 1 is 1.21 bits per heavy atom. The van der Waals surface area contributed by atoms with Crippen molar-refractivity contribution in [2.45, 2.75) is 32.3 Å². The number of carbonyl (C=O) groups is 1. The summed E-state index contributed by atoms with van der Waals surface area (Å²) in [7, 11) is 0. The number of nitrogens with two attached hydrogens (primary N) is 1. The highest BCUT2D eigenvalue weighted by atomic mass is 16.3. The Bertz CT molecular complexity index is 750. The zero-order chi connectivity index (χ0) is 17.3. The van der Waals surface area contributed by atoms with E-state index in [4.69, 9.17) is 5.73 Å². The molecule has 24 heavy (non-hydrogen) atoms. The summed E-state index contributed by atoms with van der Waals surface area (Å²) < 4.78 is 0. The number of piperidine rings is 1. The fourth-order valence-electron chi connectivity index (χ4n) is 3.06. The average Bonchev–Trinajstić information content (AvgIpc) is 2.55. The van der Waals surface area contributed by atoms with Gasteiger partial charge in [-0.05, 0) is 50.5 Å². The van der Waals surface area contributed by atoms with Gasteiger partial charge < -0.3 is 15.7 Å². The Morgan fingerprint density at radius 2 is 1.92 bits per heavy atom. The molecule has 3 rings (SSSR count). The van der Waals surface area contributed by atoms with Crippen LogP contribution >= 0.6 is 0 Å². The van der Waals surface area contributed by atoms with Crippen LogP contribution < -0.4 is 10.6 Å². The first-order chi connectivity index (χ1) is 11.4. The number of hydrogen-bond donors (Lipinski definition) is 2. The lowest BCUT2D eigenvalue weighted by Crippen LogP contribution is -2.44. The quantitative estimate of drug-likeness (QED) is 0.895. The number of carbonyl (C=O) groups excluding carboxylic acids is 1. The topological polar surface area (TPSA) is 92.3 Å². The molecule has 0 atom stereocenters. The summed E-state index contributed by atoms with van der Waals surface area (Å²) >= 11 is 0. The molecule has 0 radical (unpaired) electrons. The predicted molar refractivity (Wildman–Crippen MR) is 91.8 cm³/mol. The summed E-state index contributed by atoms with van der Waals surface area (Å²) in [5.41, 5.74) is 7.53. The molecule has 3 N–H and O–H groups in total. The number of rotatable bonds is 3. The van der Waals surface area contributed by atoms with Gasteiger partial charge in [0.2, 0.25) is 0 Å². The summed E-state index contributed by atoms with van der Waals surface area (Å²) in [6.45, 7) is 5.02. The molecule has 126 valence electrons. The molecule has 0 aromatic carbocycles. The van der Waals surface area contributed by atoms with Crippen LogP contribution in [-0.2, 0) is 5.60 Å². The van der Waals surface area contributed by atoms with Crippen LogP contribution in [0.15, 0.2) is 30.5 Å². The first-order valence-electron chi connectivity index (χ1n) is 8.07. The normalized spacial score (nSPS) is 16.9. The third-order valence-electron chi connectivity index (χ3n) is 4.56. The molecule has 1 fully saturated rings. The molecule has 1 amide bonds. The molecular formula is C18H22N4O2. The summed E-state index contributed by atoms with van der Waals surface area (Å²) in [6.07, 6.45) is 2.82. The lowest BCUT2D eigenvalue weighted by molar-refractivity contribution is 0.00747. The molecule has 0 bridgehead atoms. The number of nitrogens with zero attached hydrogens (tertiary/aromatic N) is 3. The Labute approximate surface area is 141 Å². The van der Waals surface area contributed by atoms with Gasteiger partial charge in [0.1, 0.15) is 11.4 Å². The molecule has 6 heteroatoms. The zero-order valence-electron chi connectivity index (χ0n) is 14.0. The largest absolute Gasteiger partial charge is 0.383 e. The summed E-state index contributed by atoms with van der Waals surface area (Å²) in [5.74, 6) is 0.111. The van der Waals surface area contributed by atoms with E-state index in [0.29, 0.717) is 43.0 Å². The molecule has 3 heterocycles. The van der Waals surface area contributed by atoms with Crippen molar-refractivity contribution in [1.82, 2.24) is 9.97 Å². The smallest absolute Gasteiger partial charge is 0.252 e. The molecule has 6 nitrogen and oxygen atoms in total. The second-order valence-electron chi connectivity index (χ2n) is 6.43. The summed E-state index contributed by atoms with van der Waals surface area (Å²) in [5, 5.41) is 10.9. The fraction of sp³-hybridized carbons (Fsp3) is 0.389. The van der Waals surface area contributed by atoms with E-state index in [1.807, 2.05) is 30.9 Å².